The minimum atomic E-state index is 0.148. The number of hydrogen-bond donors (Lipinski definition) is 0. The Morgan fingerprint density at radius 1 is 1.04 bits per heavy atom. The van der Waals surface area contributed by atoms with Crippen molar-refractivity contribution < 1.29 is 14.3 Å². The first kappa shape index (κ1) is 20.6. The van der Waals surface area contributed by atoms with Crippen molar-refractivity contribution in [2.24, 2.45) is 5.92 Å². The lowest BCUT2D eigenvalue weighted by atomic mass is 9.92. The van der Waals surface area contributed by atoms with Gasteiger partial charge in [-0.15, -0.1) is 0 Å². The van der Waals surface area contributed by atoms with Crippen molar-refractivity contribution in [3.8, 4) is 0 Å². The number of nitrogens with zero attached hydrogens (tertiary/aromatic N) is 4. The fourth-order valence-corrected chi connectivity index (χ4v) is 4.51. The molecular weight excluding hydrogens is 344 g/mol. The number of ether oxygens (including phenoxy) is 1. The molecule has 0 spiro atoms. The summed E-state index contributed by atoms with van der Waals surface area (Å²) < 4.78 is 5.38. The van der Waals surface area contributed by atoms with Crippen molar-refractivity contribution in [2.45, 2.75) is 38.6 Å². The smallest absolute Gasteiger partial charge is 0.236 e. The van der Waals surface area contributed by atoms with E-state index >= 15 is 0 Å². The van der Waals surface area contributed by atoms with Crippen LogP contribution in [0.1, 0.15) is 32.6 Å². The summed E-state index contributed by atoms with van der Waals surface area (Å²) in [5, 5.41) is 0. The quantitative estimate of drug-likeness (QED) is 0.695. The third-order valence-corrected chi connectivity index (χ3v) is 6.46. The van der Waals surface area contributed by atoms with Crippen LogP contribution in [0.3, 0.4) is 0 Å². The predicted octanol–water partition coefficient (Wildman–Crippen LogP) is 0.500. The van der Waals surface area contributed by atoms with Crippen LogP contribution in [0, 0.1) is 5.92 Å². The fraction of sp³-hybridized carbons (Fsp3) is 0.900. The molecule has 0 aromatic heterocycles. The molecule has 7 nitrogen and oxygen atoms in total. The van der Waals surface area contributed by atoms with Gasteiger partial charge in [0, 0.05) is 52.4 Å². The first-order valence-electron chi connectivity index (χ1n) is 10.7. The van der Waals surface area contributed by atoms with Gasteiger partial charge in [0.25, 0.3) is 0 Å². The first-order chi connectivity index (χ1) is 13.1. The number of amides is 2. The van der Waals surface area contributed by atoms with Crippen LogP contribution >= 0.6 is 0 Å². The summed E-state index contributed by atoms with van der Waals surface area (Å²) in [5.41, 5.74) is 0. The number of morpholine rings is 1. The Kier molecular flexibility index (Phi) is 7.49. The van der Waals surface area contributed by atoms with Crippen LogP contribution in [-0.4, -0.2) is 110 Å². The van der Waals surface area contributed by atoms with Gasteiger partial charge in [-0.1, -0.05) is 0 Å². The number of piperidine rings is 2. The van der Waals surface area contributed by atoms with E-state index in [0.717, 1.165) is 71.5 Å². The van der Waals surface area contributed by atoms with Crippen molar-refractivity contribution in [3.05, 3.63) is 0 Å². The van der Waals surface area contributed by atoms with Crippen LogP contribution in [0.15, 0.2) is 0 Å². The van der Waals surface area contributed by atoms with Gasteiger partial charge >= 0.3 is 0 Å². The maximum Gasteiger partial charge on any atom is 0.236 e. The Balaban J connectivity index is 1.45. The maximum atomic E-state index is 12.8. The lowest BCUT2D eigenvalue weighted by molar-refractivity contribution is -0.142. The third-order valence-electron chi connectivity index (χ3n) is 6.46. The van der Waals surface area contributed by atoms with Gasteiger partial charge in [0.15, 0.2) is 0 Å². The Labute approximate surface area is 163 Å². The average molecular weight is 381 g/mol. The number of carbonyl (C=O) groups excluding carboxylic acids is 2. The van der Waals surface area contributed by atoms with E-state index in [1.165, 1.54) is 0 Å². The number of carbonyl (C=O) groups is 2. The normalized spacial score (nSPS) is 26.1. The highest BCUT2D eigenvalue weighted by Gasteiger charge is 2.34. The topological polar surface area (TPSA) is 56.3 Å². The fourth-order valence-electron chi connectivity index (χ4n) is 4.51. The van der Waals surface area contributed by atoms with Gasteiger partial charge in [-0.3, -0.25) is 19.4 Å². The molecule has 3 heterocycles. The van der Waals surface area contributed by atoms with Crippen LogP contribution in [0.25, 0.3) is 0 Å². The number of rotatable bonds is 5. The van der Waals surface area contributed by atoms with Gasteiger partial charge in [0.1, 0.15) is 0 Å². The molecule has 154 valence electrons. The van der Waals surface area contributed by atoms with E-state index in [2.05, 4.69) is 9.80 Å². The molecule has 0 aliphatic carbocycles. The zero-order chi connectivity index (χ0) is 19.2. The van der Waals surface area contributed by atoms with Gasteiger partial charge in [-0.25, -0.2) is 0 Å². The van der Waals surface area contributed by atoms with Crippen molar-refractivity contribution in [1.82, 2.24) is 19.6 Å². The second kappa shape index (κ2) is 9.85. The van der Waals surface area contributed by atoms with Gasteiger partial charge < -0.3 is 14.5 Å². The van der Waals surface area contributed by atoms with E-state index in [1.54, 1.807) is 4.90 Å². The second-order valence-electron chi connectivity index (χ2n) is 8.19. The van der Waals surface area contributed by atoms with Crippen LogP contribution in [-0.2, 0) is 14.3 Å². The minimum Gasteiger partial charge on any atom is -0.378 e. The second-order valence-corrected chi connectivity index (χ2v) is 8.19. The lowest BCUT2D eigenvalue weighted by Gasteiger charge is -2.43. The zero-order valence-corrected chi connectivity index (χ0v) is 17.1. The number of likely N-dealkylation sites (tertiary alicyclic amines) is 2. The summed E-state index contributed by atoms with van der Waals surface area (Å²) in [7, 11) is 1.87. The summed E-state index contributed by atoms with van der Waals surface area (Å²) in [5.74, 6) is 0.688. The van der Waals surface area contributed by atoms with E-state index in [4.69, 9.17) is 4.74 Å². The largest absolute Gasteiger partial charge is 0.378 e. The summed E-state index contributed by atoms with van der Waals surface area (Å²) >= 11 is 0. The van der Waals surface area contributed by atoms with E-state index in [0.29, 0.717) is 31.7 Å². The maximum absolute atomic E-state index is 12.8. The number of likely N-dealkylation sites (N-methyl/N-ethyl adjacent to an activating group) is 1. The van der Waals surface area contributed by atoms with Crippen molar-refractivity contribution in [1.29, 1.82) is 0 Å². The summed E-state index contributed by atoms with van der Waals surface area (Å²) in [6.45, 7) is 10.1. The van der Waals surface area contributed by atoms with Gasteiger partial charge in [0.2, 0.25) is 11.8 Å². The van der Waals surface area contributed by atoms with Crippen molar-refractivity contribution in [2.75, 3.05) is 72.6 Å². The molecule has 2 amide bonds. The molecule has 0 aromatic rings. The molecule has 0 unspecified atom stereocenters. The third kappa shape index (κ3) is 5.42. The van der Waals surface area contributed by atoms with Crippen LogP contribution in [0.4, 0.5) is 0 Å². The minimum absolute atomic E-state index is 0.148. The summed E-state index contributed by atoms with van der Waals surface area (Å²) in [6.07, 6.45) is 4.33. The van der Waals surface area contributed by atoms with Gasteiger partial charge in [0.05, 0.1) is 25.7 Å². The van der Waals surface area contributed by atoms with E-state index < -0.39 is 0 Å². The standard InChI is InChI=1S/C20H36N4O3/c1-3-21(2)19(25)16-22-9-6-18(7-10-22)24-8-4-5-17(15-24)20(26)23-11-13-27-14-12-23/h17-18H,3-16H2,1-2H3/t17-/m1/s1. The molecule has 3 aliphatic heterocycles. The highest BCUT2D eigenvalue weighted by molar-refractivity contribution is 5.79. The van der Waals surface area contributed by atoms with Crippen molar-refractivity contribution in [3.63, 3.8) is 0 Å². The Bertz CT molecular complexity index is 501. The zero-order valence-electron chi connectivity index (χ0n) is 17.1. The summed E-state index contributed by atoms with van der Waals surface area (Å²) in [4.78, 5) is 33.6. The molecule has 27 heavy (non-hydrogen) atoms. The molecule has 3 saturated heterocycles. The molecule has 3 fully saturated rings. The highest BCUT2D eigenvalue weighted by atomic mass is 16.5. The SMILES string of the molecule is CCN(C)C(=O)CN1CCC(N2CCC[C@@H](C(=O)N3CCOCC3)C2)CC1. The van der Waals surface area contributed by atoms with Gasteiger partial charge in [-0.05, 0) is 39.2 Å². The highest BCUT2D eigenvalue weighted by Crippen LogP contribution is 2.25. The molecule has 0 radical (unpaired) electrons. The average Bonchev–Trinajstić information content (AvgIpc) is 2.73. The molecule has 0 N–H and O–H groups in total. The van der Waals surface area contributed by atoms with E-state index in [1.807, 2.05) is 18.9 Å². The Morgan fingerprint density at radius 2 is 1.74 bits per heavy atom. The molecule has 1 atom stereocenters. The molecular formula is C20H36N4O3. The van der Waals surface area contributed by atoms with E-state index in [9.17, 15) is 9.59 Å². The Hall–Kier alpha value is -1.18. The van der Waals surface area contributed by atoms with Crippen molar-refractivity contribution >= 4 is 11.8 Å². The molecule has 3 aliphatic rings. The molecule has 0 aromatic carbocycles. The lowest BCUT2D eigenvalue weighted by Crippen LogP contribution is -2.53. The molecule has 0 bridgehead atoms. The van der Waals surface area contributed by atoms with Crippen LogP contribution in [0.5, 0.6) is 0 Å². The first-order valence-corrected chi connectivity index (χ1v) is 10.7. The monoisotopic (exact) mass is 380 g/mol. The number of hydrogen-bond acceptors (Lipinski definition) is 5. The summed E-state index contributed by atoms with van der Waals surface area (Å²) in [6, 6.07) is 0.556. The Morgan fingerprint density at radius 3 is 2.41 bits per heavy atom. The predicted molar refractivity (Wildman–Crippen MR) is 104 cm³/mol. The van der Waals surface area contributed by atoms with Crippen LogP contribution in [0.2, 0.25) is 0 Å². The van der Waals surface area contributed by atoms with Gasteiger partial charge in [-0.2, -0.15) is 0 Å². The van der Waals surface area contributed by atoms with E-state index in [-0.39, 0.29) is 11.8 Å². The van der Waals surface area contributed by atoms with Crippen LogP contribution < -0.4 is 0 Å². The molecule has 7 heteroatoms. The molecule has 3 rings (SSSR count). The molecule has 0 saturated carbocycles.